The number of carbonyl (C=O) groups excluding carboxylic acids is 1. The van der Waals surface area contributed by atoms with Crippen LogP contribution in [-0.2, 0) is 6.54 Å². The molecular formula is C17H13N3O3. The molecule has 0 radical (unpaired) electrons. The summed E-state index contributed by atoms with van der Waals surface area (Å²) in [5.74, 6) is 0.0449. The van der Waals surface area contributed by atoms with Crippen molar-refractivity contribution in [1.29, 1.82) is 0 Å². The van der Waals surface area contributed by atoms with Crippen LogP contribution < -0.4 is 0 Å². The fourth-order valence-electron chi connectivity index (χ4n) is 2.37. The summed E-state index contributed by atoms with van der Waals surface area (Å²) in [4.78, 5) is 27.3. The van der Waals surface area contributed by atoms with Crippen LogP contribution in [0, 0.1) is 10.1 Å². The number of nitrogens with zero attached hydrogens (tertiary/aromatic N) is 3. The standard InChI is InChI=1S/C17H13N3O3/c21-16(13-6-2-1-3-7-13)17-18-10-11-19(17)12-14-8-4-5-9-15(14)20(22)23/h1-11H,12H2. The number of carbonyl (C=O) groups is 1. The lowest BCUT2D eigenvalue weighted by Gasteiger charge is -2.08. The number of nitro groups is 1. The monoisotopic (exact) mass is 307 g/mol. The molecule has 3 rings (SSSR count). The number of ketones is 1. The molecule has 0 fully saturated rings. The van der Waals surface area contributed by atoms with Gasteiger partial charge in [-0.2, -0.15) is 0 Å². The van der Waals surface area contributed by atoms with E-state index in [0.717, 1.165) is 0 Å². The Morgan fingerprint density at radius 3 is 2.52 bits per heavy atom. The van der Waals surface area contributed by atoms with Crippen molar-refractivity contribution in [2.45, 2.75) is 6.54 Å². The Labute approximate surface area is 132 Å². The van der Waals surface area contributed by atoms with Crippen molar-refractivity contribution in [3.8, 4) is 0 Å². The Bertz CT molecular complexity index is 856. The van der Waals surface area contributed by atoms with Gasteiger partial charge in [-0.05, 0) is 0 Å². The van der Waals surface area contributed by atoms with E-state index in [1.165, 1.54) is 12.3 Å². The van der Waals surface area contributed by atoms with Crippen LogP contribution in [0.3, 0.4) is 0 Å². The third-order valence-electron chi connectivity index (χ3n) is 3.48. The van der Waals surface area contributed by atoms with Crippen molar-refractivity contribution in [2.75, 3.05) is 0 Å². The Hall–Kier alpha value is -3.28. The van der Waals surface area contributed by atoms with E-state index in [1.54, 1.807) is 53.2 Å². The van der Waals surface area contributed by atoms with Gasteiger partial charge in [0.2, 0.25) is 5.78 Å². The van der Waals surface area contributed by atoms with Gasteiger partial charge in [0.1, 0.15) is 0 Å². The Kier molecular flexibility index (Phi) is 3.97. The van der Waals surface area contributed by atoms with Crippen molar-refractivity contribution in [3.63, 3.8) is 0 Å². The van der Waals surface area contributed by atoms with Crippen LogP contribution in [0.25, 0.3) is 0 Å². The minimum absolute atomic E-state index is 0.0271. The first-order chi connectivity index (χ1) is 11.2. The van der Waals surface area contributed by atoms with Gasteiger partial charge in [0.25, 0.3) is 5.69 Å². The van der Waals surface area contributed by atoms with Gasteiger partial charge in [0.05, 0.1) is 11.5 Å². The maximum absolute atomic E-state index is 12.5. The molecule has 1 heterocycles. The molecule has 0 spiro atoms. The highest BCUT2D eigenvalue weighted by Gasteiger charge is 2.18. The number of nitro benzene ring substituents is 1. The molecule has 6 nitrogen and oxygen atoms in total. The van der Waals surface area contributed by atoms with Crippen molar-refractivity contribution >= 4 is 11.5 Å². The molecule has 3 aromatic rings. The van der Waals surface area contributed by atoms with E-state index in [2.05, 4.69) is 4.98 Å². The highest BCUT2D eigenvalue weighted by atomic mass is 16.6. The van der Waals surface area contributed by atoms with E-state index in [4.69, 9.17) is 0 Å². The summed E-state index contributed by atoms with van der Waals surface area (Å²) in [5.41, 5.74) is 1.08. The van der Waals surface area contributed by atoms with Gasteiger partial charge < -0.3 is 4.57 Å². The van der Waals surface area contributed by atoms with Crippen LogP contribution in [0.15, 0.2) is 67.0 Å². The lowest BCUT2D eigenvalue weighted by Crippen LogP contribution is -2.12. The predicted octanol–water partition coefficient (Wildman–Crippen LogP) is 3.07. The topological polar surface area (TPSA) is 78.0 Å². The third kappa shape index (κ3) is 3.01. The largest absolute Gasteiger partial charge is 0.324 e. The van der Waals surface area contributed by atoms with E-state index in [9.17, 15) is 14.9 Å². The molecule has 0 saturated carbocycles. The first kappa shape index (κ1) is 14.6. The molecule has 114 valence electrons. The molecule has 0 saturated heterocycles. The highest BCUT2D eigenvalue weighted by molar-refractivity contribution is 6.06. The molecule has 0 amide bonds. The van der Waals surface area contributed by atoms with Gasteiger partial charge in [0.15, 0.2) is 5.82 Å². The smallest absolute Gasteiger partial charge is 0.274 e. The minimum atomic E-state index is -0.426. The van der Waals surface area contributed by atoms with E-state index in [-0.39, 0.29) is 23.8 Å². The molecule has 0 unspecified atom stereocenters. The number of rotatable bonds is 5. The number of hydrogen-bond donors (Lipinski definition) is 0. The molecular weight excluding hydrogens is 294 g/mol. The number of imidazole rings is 1. The summed E-state index contributed by atoms with van der Waals surface area (Å²) in [5, 5.41) is 11.1. The summed E-state index contributed by atoms with van der Waals surface area (Å²) in [6.45, 7) is 0.213. The van der Waals surface area contributed by atoms with E-state index >= 15 is 0 Å². The molecule has 0 aliphatic heterocycles. The average molecular weight is 307 g/mol. The van der Waals surface area contributed by atoms with E-state index < -0.39 is 4.92 Å². The number of benzene rings is 2. The number of hydrogen-bond acceptors (Lipinski definition) is 4. The van der Waals surface area contributed by atoms with Crippen LogP contribution in [0.4, 0.5) is 5.69 Å². The normalized spacial score (nSPS) is 10.4. The van der Waals surface area contributed by atoms with Gasteiger partial charge in [0, 0.05) is 29.6 Å². The van der Waals surface area contributed by atoms with Crippen LogP contribution in [0.1, 0.15) is 21.7 Å². The summed E-state index contributed by atoms with van der Waals surface area (Å²) in [6.07, 6.45) is 3.16. The van der Waals surface area contributed by atoms with Crippen LogP contribution >= 0.6 is 0 Å². The zero-order valence-corrected chi connectivity index (χ0v) is 12.1. The zero-order valence-electron chi connectivity index (χ0n) is 12.1. The van der Waals surface area contributed by atoms with Gasteiger partial charge in [-0.3, -0.25) is 14.9 Å². The number of para-hydroxylation sites is 1. The lowest BCUT2D eigenvalue weighted by atomic mass is 10.1. The molecule has 2 aromatic carbocycles. The quantitative estimate of drug-likeness (QED) is 0.412. The fraction of sp³-hybridized carbons (Fsp3) is 0.0588. The third-order valence-corrected chi connectivity index (χ3v) is 3.48. The molecule has 0 aliphatic rings. The second-order valence-electron chi connectivity index (χ2n) is 4.96. The average Bonchev–Trinajstić information content (AvgIpc) is 3.03. The van der Waals surface area contributed by atoms with Crippen molar-refractivity contribution in [1.82, 2.24) is 9.55 Å². The summed E-state index contributed by atoms with van der Waals surface area (Å²) in [7, 11) is 0. The Morgan fingerprint density at radius 1 is 1.09 bits per heavy atom. The van der Waals surface area contributed by atoms with Crippen LogP contribution in [0.5, 0.6) is 0 Å². The predicted molar refractivity (Wildman–Crippen MR) is 84.3 cm³/mol. The van der Waals surface area contributed by atoms with Crippen molar-refractivity contribution < 1.29 is 9.72 Å². The van der Waals surface area contributed by atoms with E-state index in [1.807, 2.05) is 6.07 Å². The second-order valence-corrected chi connectivity index (χ2v) is 4.96. The molecule has 0 aliphatic carbocycles. The second kappa shape index (κ2) is 6.23. The Balaban J connectivity index is 1.94. The SMILES string of the molecule is O=C(c1ccccc1)c1nccn1Cc1ccccc1[N+](=O)[O-]. The van der Waals surface area contributed by atoms with Gasteiger partial charge >= 0.3 is 0 Å². The van der Waals surface area contributed by atoms with Crippen LogP contribution in [-0.4, -0.2) is 20.3 Å². The summed E-state index contributed by atoms with van der Waals surface area (Å²) >= 11 is 0. The maximum atomic E-state index is 12.5. The van der Waals surface area contributed by atoms with E-state index in [0.29, 0.717) is 11.1 Å². The Morgan fingerprint density at radius 2 is 1.78 bits per heavy atom. The number of aromatic nitrogens is 2. The molecule has 1 aromatic heterocycles. The van der Waals surface area contributed by atoms with Crippen molar-refractivity contribution in [2.24, 2.45) is 0 Å². The lowest BCUT2D eigenvalue weighted by molar-refractivity contribution is -0.385. The van der Waals surface area contributed by atoms with Crippen LogP contribution in [0.2, 0.25) is 0 Å². The molecule has 6 heteroatoms. The van der Waals surface area contributed by atoms with Gasteiger partial charge in [-0.25, -0.2) is 4.98 Å². The summed E-state index contributed by atoms with van der Waals surface area (Å²) < 4.78 is 1.62. The first-order valence-corrected chi connectivity index (χ1v) is 7.00. The molecule has 0 N–H and O–H groups in total. The molecule has 0 atom stereocenters. The van der Waals surface area contributed by atoms with Gasteiger partial charge in [-0.15, -0.1) is 0 Å². The van der Waals surface area contributed by atoms with Crippen molar-refractivity contribution in [3.05, 3.63) is 94.1 Å². The fourth-order valence-corrected chi connectivity index (χ4v) is 2.37. The maximum Gasteiger partial charge on any atom is 0.274 e. The molecule has 23 heavy (non-hydrogen) atoms. The highest BCUT2D eigenvalue weighted by Crippen LogP contribution is 2.20. The minimum Gasteiger partial charge on any atom is -0.324 e. The first-order valence-electron chi connectivity index (χ1n) is 7.00. The summed E-state index contributed by atoms with van der Waals surface area (Å²) in [6, 6.07) is 15.3. The zero-order chi connectivity index (χ0) is 16.2. The van der Waals surface area contributed by atoms with Gasteiger partial charge in [-0.1, -0.05) is 48.5 Å². The molecule has 0 bridgehead atoms.